The van der Waals surface area contributed by atoms with Crippen molar-refractivity contribution < 1.29 is 13.7 Å². The van der Waals surface area contributed by atoms with Crippen LogP contribution in [0.3, 0.4) is 0 Å². The molecule has 16 heavy (non-hydrogen) atoms. The number of rotatable bonds is 4. The molecular weight excluding hydrogens is 226 g/mol. The third kappa shape index (κ3) is 4.06. The van der Waals surface area contributed by atoms with Crippen molar-refractivity contribution in [3.05, 3.63) is 11.6 Å². The SMILES string of the molecule is CCC(=CCN1CCS(=O)CC1)C(=O)OC. The number of carbonyl (C=O) groups is 1. The number of hydrogen-bond acceptors (Lipinski definition) is 4. The lowest BCUT2D eigenvalue weighted by Gasteiger charge is -2.24. The van der Waals surface area contributed by atoms with Gasteiger partial charge in [0.1, 0.15) is 0 Å². The highest BCUT2D eigenvalue weighted by atomic mass is 32.2. The van der Waals surface area contributed by atoms with Crippen molar-refractivity contribution in [2.24, 2.45) is 0 Å². The molecule has 0 amide bonds. The van der Waals surface area contributed by atoms with Gasteiger partial charge in [0.05, 0.1) is 7.11 Å². The Morgan fingerprint density at radius 3 is 2.56 bits per heavy atom. The van der Waals surface area contributed by atoms with E-state index in [2.05, 4.69) is 9.64 Å². The van der Waals surface area contributed by atoms with Crippen LogP contribution in [-0.4, -0.2) is 53.3 Å². The molecule has 1 aliphatic heterocycles. The van der Waals surface area contributed by atoms with E-state index in [4.69, 9.17) is 0 Å². The summed E-state index contributed by atoms with van der Waals surface area (Å²) in [5.74, 6) is 1.24. The van der Waals surface area contributed by atoms with Crippen LogP contribution in [0.5, 0.6) is 0 Å². The fourth-order valence-corrected chi connectivity index (χ4v) is 2.73. The minimum atomic E-state index is -0.641. The molecule has 1 heterocycles. The largest absolute Gasteiger partial charge is 0.466 e. The molecule has 4 nitrogen and oxygen atoms in total. The molecular formula is C11H19NO3S. The number of nitrogens with zero attached hydrogens (tertiary/aromatic N) is 1. The van der Waals surface area contributed by atoms with Gasteiger partial charge in [-0.05, 0) is 6.42 Å². The van der Waals surface area contributed by atoms with Crippen LogP contribution in [0.4, 0.5) is 0 Å². The summed E-state index contributed by atoms with van der Waals surface area (Å²) in [7, 11) is 0.757. The summed E-state index contributed by atoms with van der Waals surface area (Å²) < 4.78 is 15.8. The second-order valence-electron chi connectivity index (χ2n) is 3.72. The molecule has 0 aromatic carbocycles. The number of carbonyl (C=O) groups excluding carboxylic acids is 1. The van der Waals surface area contributed by atoms with E-state index in [1.54, 1.807) is 0 Å². The molecule has 0 aromatic rings. The zero-order chi connectivity index (χ0) is 12.0. The molecule has 0 saturated carbocycles. The zero-order valence-corrected chi connectivity index (χ0v) is 10.7. The summed E-state index contributed by atoms with van der Waals surface area (Å²) in [6.45, 7) is 4.38. The Kier molecular flexibility index (Phi) is 5.69. The molecule has 0 atom stereocenters. The summed E-state index contributed by atoms with van der Waals surface area (Å²) in [6.07, 6.45) is 2.60. The molecule has 0 bridgehead atoms. The molecule has 0 N–H and O–H groups in total. The van der Waals surface area contributed by atoms with Gasteiger partial charge in [0.25, 0.3) is 0 Å². The lowest BCUT2D eigenvalue weighted by atomic mass is 10.2. The molecule has 1 aliphatic rings. The van der Waals surface area contributed by atoms with Crippen molar-refractivity contribution in [3.8, 4) is 0 Å². The third-order valence-electron chi connectivity index (χ3n) is 2.69. The highest BCUT2D eigenvalue weighted by molar-refractivity contribution is 7.85. The zero-order valence-electron chi connectivity index (χ0n) is 9.90. The Hall–Kier alpha value is -0.680. The monoisotopic (exact) mass is 245 g/mol. The van der Waals surface area contributed by atoms with Crippen LogP contribution in [0, 0.1) is 0 Å². The van der Waals surface area contributed by atoms with Crippen molar-refractivity contribution in [2.45, 2.75) is 13.3 Å². The first-order valence-electron chi connectivity index (χ1n) is 5.52. The minimum Gasteiger partial charge on any atom is -0.466 e. The predicted molar refractivity (Wildman–Crippen MR) is 64.7 cm³/mol. The Morgan fingerprint density at radius 1 is 1.44 bits per heavy atom. The summed E-state index contributed by atoms with van der Waals surface area (Å²) in [4.78, 5) is 13.5. The summed E-state index contributed by atoms with van der Waals surface area (Å²) in [6, 6.07) is 0. The molecule has 1 fully saturated rings. The summed E-state index contributed by atoms with van der Waals surface area (Å²) >= 11 is 0. The quantitative estimate of drug-likeness (QED) is 0.536. The van der Waals surface area contributed by atoms with Crippen molar-refractivity contribution in [2.75, 3.05) is 38.2 Å². The molecule has 0 aliphatic carbocycles. The average Bonchev–Trinajstić information content (AvgIpc) is 2.31. The second-order valence-corrected chi connectivity index (χ2v) is 5.42. The number of methoxy groups -OCH3 is 1. The van der Waals surface area contributed by atoms with Gasteiger partial charge in [-0.2, -0.15) is 0 Å². The van der Waals surface area contributed by atoms with Gasteiger partial charge in [0.2, 0.25) is 0 Å². The van der Waals surface area contributed by atoms with E-state index in [1.165, 1.54) is 7.11 Å². The molecule has 0 unspecified atom stereocenters. The number of esters is 1. The van der Waals surface area contributed by atoms with Crippen molar-refractivity contribution in [1.29, 1.82) is 0 Å². The van der Waals surface area contributed by atoms with Crippen LogP contribution in [-0.2, 0) is 20.3 Å². The minimum absolute atomic E-state index is 0.247. The molecule has 0 radical (unpaired) electrons. The Balaban J connectivity index is 2.44. The third-order valence-corrected chi connectivity index (χ3v) is 3.97. The van der Waals surface area contributed by atoms with Gasteiger partial charge >= 0.3 is 5.97 Å². The number of hydrogen-bond donors (Lipinski definition) is 0. The Morgan fingerprint density at radius 2 is 2.06 bits per heavy atom. The van der Waals surface area contributed by atoms with E-state index in [0.29, 0.717) is 12.0 Å². The first kappa shape index (κ1) is 13.4. The molecule has 1 saturated heterocycles. The van der Waals surface area contributed by atoms with Gasteiger partial charge in [0, 0.05) is 47.5 Å². The average molecular weight is 245 g/mol. The standard InChI is InChI=1S/C11H19NO3S/c1-3-10(11(13)15-2)4-5-12-6-8-16(14)9-7-12/h4H,3,5-9H2,1-2H3. The topological polar surface area (TPSA) is 46.6 Å². The molecule has 92 valence electrons. The fraction of sp³-hybridized carbons (Fsp3) is 0.727. The van der Waals surface area contributed by atoms with E-state index in [-0.39, 0.29) is 5.97 Å². The molecule has 1 rings (SSSR count). The van der Waals surface area contributed by atoms with Gasteiger partial charge in [0.15, 0.2) is 0 Å². The predicted octanol–water partition coefficient (Wildman–Crippen LogP) is 0.560. The van der Waals surface area contributed by atoms with Crippen LogP contribution in [0.15, 0.2) is 11.6 Å². The number of ether oxygens (including phenoxy) is 1. The Bertz CT molecular complexity index is 292. The van der Waals surface area contributed by atoms with Crippen molar-refractivity contribution >= 4 is 16.8 Å². The van der Waals surface area contributed by atoms with Gasteiger partial charge in [-0.25, -0.2) is 4.79 Å². The van der Waals surface area contributed by atoms with Crippen LogP contribution in [0.25, 0.3) is 0 Å². The van der Waals surface area contributed by atoms with Crippen LogP contribution >= 0.6 is 0 Å². The highest BCUT2D eigenvalue weighted by Gasteiger charge is 2.14. The van der Waals surface area contributed by atoms with Crippen LogP contribution in [0.2, 0.25) is 0 Å². The smallest absolute Gasteiger partial charge is 0.333 e. The van der Waals surface area contributed by atoms with E-state index in [0.717, 1.165) is 31.1 Å². The van der Waals surface area contributed by atoms with Crippen molar-refractivity contribution in [1.82, 2.24) is 4.90 Å². The summed E-state index contributed by atoms with van der Waals surface area (Å²) in [5.41, 5.74) is 0.717. The molecule has 0 aromatic heterocycles. The van der Waals surface area contributed by atoms with Gasteiger partial charge < -0.3 is 4.74 Å². The Labute approximate surface area is 99.1 Å². The second kappa shape index (κ2) is 6.81. The van der Waals surface area contributed by atoms with Gasteiger partial charge in [-0.1, -0.05) is 13.0 Å². The molecule has 0 spiro atoms. The normalized spacial score (nSPS) is 19.8. The van der Waals surface area contributed by atoms with E-state index in [1.807, 2.05) is 13.0 Å². The van der Waals surface area contributed by atoms with E-state index < -0.39 is 10.8 Å². The van der Waals surface area contributed by atoms with Crippen molar-refractivity contribution in [3.63, 3.8) is 0 Å². The maximum absolute atomic E-state index is 11.3. The first-order chi connectivity index (χ1) is 7.67. The molecule has 5 heteroatoms. The summed E-state index contributed by atoms with van der Waals surface area (Å²) in [5, 5.41) is 0. The van der Waals surface area contributed by atoms with Gasteiger partial charge in [-0.15, -0.1) is 0 Å². The van der Waals surface area contributed by atoms with E-state index >= 15 is 0 Å². The van der Waals surface area contributed by atoms with Gasteiger partial charge in [-0.3, -0.25) is 9.11 Å². The maximum Gasteiger partial charge on any atom is 0.333 e. The fourth-order valence-electron chi connectivity index (χ4n) is 1.60. The lowest BCUT2D eigenvalue weighted by molar-refractivity contribution is -0.136. The lowest BCUT2D eigenvalue weighted by Crippen LogP contribution is -2.37. The van der Waals surface area contributed by atoms with Crippen LogP contribution in [0.1, 0.15) is 13.3 Å². The first-order valence-corrected chi connectivity index (χ1v) is 7.00. The maximum atomic E-state index is 11.3. The highest BCUT2D eigenvalue weighted by Crippen LogP contribution is 2.05. The van der Waals surface area contributed by atoms with E-state index in [9.17, 15) is 9.00 Å². The van der Waals surface area contributed by atoms with Crippen LogP contribution < -0.4 is 0 Å².